The van der Waals surface area contributed by atoms with E-state index in [9.17, 15) is 5.11 Å². The zero-order valence-corrected chi connectivity index (χ0v) is 11.9. The van der Waals surface area contributed by atoms with Crippen molar-refractivity contribution < 1.29 is 5.11 Å². The van der Waals surface area contributed by atoms with Crippen LogP contribution in [-0.2, 0) is 0 Å². The predicted molar refractivity (Wildman–Crippen MR) is 71.3 cm³/mol. The number of aliphatic hydroxyl groups is 1. The Labute approximate surface area is 123 Å². The fourth-order valence-electron chi connectivity index (χ4n) is 15.4. The predicted octanol–water partition coefficient (Wildman–Crippen LogP) is 1.57. The summed E-state index contributed by atoms with van der Waals surface area (Å²) >= 11 is 0. The molecule has 21 heavy (non-hydrogen) atoms. The van der Waals surface area contributed by atoms with Gasteiger partial charge in [0.1, 0.15) is 0 Å². The van der Waals surface area contributed by atoms with Gasteiger partial charge in [0.25, 0.3) is 0 Å². The Balaban J connectivity index is 1.49. The average Bonchev–Trinajstić information content (AvgIpc) is 3.10. The highest BCUT2D eigenvalue weighted by Gasteiger charge is 3.02. The third kappa shape index (κ3) is 0.406. The van der Waals surface area contributed by atoms with Crippen molar-refractivity contribution in [1.29, 1.82) is 0 Å². The molecule has 12 fully saturated rings. The van der Waals surface area contributed by atoms with E-state index in [2.05, 4.69) is 0 Å². The summed E-state index contributed by atoms with van der Waals surface area (Å²) in [6, 6.07) is 0. The molecule has 0 radical (unpaired) electrons. The second-order valence-electron chi connectivity index (χ2n) is 11.7. The second-order valence-corrected chi connectivity index (χ2v) is 11.7. The topological polar surface area (TPSA) is 20.2 Å². The van der Waals surface area contributed by atoms with Gasteiger partial charge < -0.3 is 5.11 Å². The summed E-state index contributed by atoms with van der Waals surface area (Å²) in [6.45, 7) is 0. The summed E-state index contributed by atoms with van der Waals surface area (Å²) in [7, 11) is 0. The molecule has 0 aromatic rings. The van der Waals surface area contributed by atoms with E-state index in [1.165, 1.54) is 23.7 Å². The highest BCUT2D eigenvalue weighted by molar-refractivity contribution is 5.48. The van der Waals surface area contributed by atoms with Gasteiger partial charge >= 0.3 is 0 Å². The van der Waals surface area contributed by atoms with E-state index >= 15 is 0 Å². The third-order valence-electron chi connectivity index (χ3n) is 13.4. The molecule has 0 aliphatic heterocycles. The van der Waals surface area contributed by atoms with Crippen LogP contribution in [0.5, 0.6) is 0 Å². The summed E-state index contributed by atoms with van der Waals surface area (Å²) in [5, 5.41) is 12.1. The number of rotatable bonds is 0. The maximum absolute atomic E-state index is 12.1. The monoisotopic (exact) mass is 276 g/mol. The van der Waals surface area contributed by atoms with E-state index in [-0.39, 0.29) is 5.60 Å². The maximum Gasteiger partial charge on any atom is 0.0748 e. The highest BCUT2D eigenvalue weighted by Crippen LogP contribution is 3.02. The molecule has 0 aromatic carbocycles. The van der Waals surface area contributed by atoms with Gasteiger partial charge in [0.15, 0.2) is 0 Å². The van der Waals surface area contributed by atoms with Crippen LogP contribution in [0.4, 0.5) is 0 Å². The van der Waals surface area contributed by atoms with E-state index < -0.39 is 0 Å². The van der Waals surface area contributed by atoms with Crippen molar-refractivity contribution in [2.45, 2.75) is 5.60 Å². The van der Waals surface area contributed by atoms with Crippen LogP contribution in [0.15, 0.2) is 0 Å². The van der Waals surface area contributed by atoms with Crippen LogP contribution in [0.25, 0.3) is 0 Å². The lowest BCUT2D eigenvalue weighted by molar-refractivity contribution is -0.0552. The number of hydrogen-bond donors (Lipinski definition) is 1. The van der Waals surface area contributed by atoms with Gasteiger partial charge in [-0.2, -0.15) is 0 Å². The summed E-state index contributed by atoms with van der Waals surface area (Å²) in [5.41, 5.74) is -0.0991. The summed E-state index contributed by atoms with van der Waals surface area (Å²) in [4.78, 5) is 0. The lowest BCUT2D eigenvalue weighted by atomic mass is 9.75. The van der Waals surface area contributed by atoms with Gasteiger partial charge in [-0.25, -0.2) is 0 Å². The van der Waals surface area contributed by atoms with E-state index in [1.54, 1.807) is 0 Å². The van der Waals surface area contributed by atoms with Gasteiger partial charge in [-0.05, 0) is 112 Å². The first-order valence-corrected chi connectivity index (χ1v) is 10.1. The largest absolute Gasteiger partial charge is 0.389 e. The Hall–Kier alpha value is -0.0400. The summed E-state index contributed by atoms with van der Waals surface area (Å²) < 4.78 is 0. The first-order valence-electron chi connectivity index (χ1n) is 10.1. The van der Waals surface area contributed by atoms with Crippen LogP contribution in [-0.4, -0.2) is 10.7 Å². The molecule has 12 rings (SSSR count). The lowest BCUT2D eigenvalue weighted by Gasteiger charge is -2.35. The molecule has 0 bridgehead atoms. The first kappa shape index (κ1) is 8.71. The molecule has 8 unspecified atom stereocenters. The Bertz CT molecular complexity index is 611. The van der Waals surface area contributed by atoms with Crippen LogP contribution in [0.2, 0.25) is 0 Å². The van der Waals surface area contributed by atoms with Gasteiger partial charge in [0, 0.05) is 0 Å². The quantitative estimate of drug-likeness (QED) is 0.712. The van der Waals surface area contributed by atoms with Crippen molar-refractivity contribution in [3.63, 3.8) is 0 Å². The fourth-order valence-corrected chi connectivity index (χ4v) is 15.4. The maximum atomic E-state index is 12.1. The molecule has 1 heteroatoms. The van der Waals surface area contributed by atoms with Crippen LogP contribution in [0, 0.1) is 112 Å². The molecule has 1 nitrogen and oxygen atoms in total. The molecule has 0 aromatic heterocycles. The molecule has 0 amide bonds. The molecule has 1 N–H and O–H groups in total. The van der Waals surface area contributed by atoms with E-state index in [4.69, 9.17) is 0 Å². The first-order chi connectivity index (χ1) is 10.4. The van der Waals surface area contributed by atoms with Crippen molar-refractivity contribution in [2.75, 3.05) is 0 Å². The minimum absolute atomic E-state index is 0.0991. The molecular formula is C20H20O. The SMILES string of the molecule is OC12C3[C@@H]4[C@@H]5C6C7C8[C@@H]9[C@@H]6[C@@H]4C1[C@H]9[C@H]1C2[C@H]2[C@@H](C7[C@@H]5[C@@H]32)[C@H]81. The van der Waals surface area contributed by atoms with Crippen molar-refractivity contribution in [1.82, 2.24) is 0 Å². The minimum atomic E-state index is -0.0991. The van der Waals surface area contributed by atoms with Gasteiger partial charge in [-0.15, -0.1) is 0 Å². The van der Waals surface area contributed by atoms with Gasteiger partial charge in [0.2, 0.25) is 0 Å². The Kier molecular flexibility index (Phi) is 0.751. The summed E-state index contributed by atoms with van der Waals surface area (Å²) in [6.07, 6.45) is 0. The second kappa shape index (κ2) is 1.81. The number of hydrogen-bond acceptors (Lipinski definition) is 1. The Morgan fingerprint density at radius 3 is 0.762 bits per heavy atom. The molecule has 106 valence electrons. The standard InChI is InChI=1S/C20H20O/c21-20-17-11-5-2-1-3-7(5)13(17)15-9(3)10-4(1)8-6(2)12(11)18(20)14(8)16(10)19(15)20/h1-19,21H/t1?,2?,3?,4?,5-,6-,7-,8+,9+,10+,11-,12+,13-,14+,15+,16-,17?,18?,19?,20?/m0/s1. The van der Waals surface area contributed by atoms with Gasteiger partial charge in [0.05, 0.1) is 5.60 Å². The van der Waals surface area contributed by atoms with Crippen LogP contribution in [0.1, 0.15) is 0 Å². The molecule has 12 aliphatic rings. The minimum Gasteiger partial charge on any atom is -0.389 e. The summed E-state index contributed by atoms with van der Waals surface area (Å²) in [5.74, 6) is 20.6. The molecule has 0 heterocycles. The lowest BCUT2D eigenvalue weighted by Crippen LogP contribution is -2.42. The zero-order valence-electron chi connectivity index (χ0n) is 11.9. The van der Waals surface area contributed by atoms with Crippen molar-refractivity contribution in [3.8, 4) is 0 Å². The smallest absolute Gasteiger partial charge is 0.0748 e. The van der Waals surface area contributed by atoms with Gasteiger partial charge in [-0.1, -0.05) is 0 Å². The molecule has 12 aliphatic carbocycles. The molecule has 20 atom stereocenters. The van der Waals surface area contributed by atoms with E-state index in [0.29, 0.717) is 0 Å². The molecular weight excluding hydrogens is 256 g/mol. The van der Waals surface area contributed by atoms with Crippen LogP contribution in [0.3, 0.4) is 0 Å². The molecule has 12 saturated carbocycles. The fraction of sp³-hybridized carbons (Fsp3) is 1.00. The third-order valence-corrected chi connectivity index (χ3v) is 13.4. The van der Waals surface area contributed by atoms with Crippen LogP contribution >= 0.6 is 0 Å². The van der Waals surface area contributed by atoms with Crippen molar-refractivity contribution >= 4 is 0 Å². The molecule has 0 saturated heterocycles. The Morgan fingerprint density at radius 1 is 0.333 bits per heavy atom. The van der Waals surface area contributed by atoms with E-state index in [1.807, 2.05) is 0 Å². The van der Waals surface area contributed by atoms with Gasteiger partial charge in [-0.3, -0.25) is 0 Å². The van der Waals surface area contributed by atoms with Crippen molar-refractivity contribution in [2.24, 2.45) is 112 Å². The normalized spacial score (nSPS) is 107. The molecule has 0 spiro atoms. The van der Waals surface area contributed by atoms with Crippen molar-refractivity contribution in [3.05, 3.63) is 0 Å². The Morgan fingerprint density at radius 2 is 0.524 bits per heavy atom. The highest BCUT2D eigenvalue weighted by atomic mass is 16.3. The average molecular weight is 276 g/mol. The zero-order chi connectivity index (χ0) is 12.5. The van der Waals surface area contributed by atoms with E-state index in [0.717, 1.165) is 88.8 Å². The van der Waals surface area contributed by atoms with Crippen LogP contribution < -0.4 is 0 Å².